The molecule has 0 aliphatic carbocycles. The lowest BCUT2D eigenvalue weighted by Crippen LogP contribution is -2.25. The Kier molecular flexibility index (Phi) is 6.61. The van der Waals surface area contributed by atoms with E-state index in [2.05, 4.69) is 49.5 Å². The summed E-state index contributed by atoms with van der Waals surface area (Å²) >= 11 is 0. The van der Waals surface area contributed by atoms with E-state index in [1.165, 1.54) is 5.56 Å². The average molecular weight is 289 g/mol. The summed E-state index contributed by atoms with van der Waals surface area (Å²) in [7, 11) is 0. The zero-order valence-corrected chi connectivity index (χ0v) is 13.2. The summed E-state index contributed by atoms with van der Waals surface area (Å²) in [6.07, 6.45) is 6.69. The van der Waals surface area contributed by atoms with E-state index >= 15 is 0 Å². The molecule has 1 N–H and O–H groups in total. The Morgan fingerprint density at radius 3 is 2.67 bits per heavy atom. The molecule has 1 aromatic carbocycles. The van der Waals surface area contributed by atoms with Gasteiger partial charge in [-0.05, 0) is 49.6 Å². The van der Waals surface area contributed by atoms with Gasteiger partial charge in [0.25, 0.3) is 0 Å². The number of likely N-dealkylation sites (N-methyl/N-ethyl adjacent to an activating group) is 1. The lowest BCUT2D eigenvalue weighted by molar-refractivity contribution is 0.168. The Hall–Kier alpha value is -1.48. The van der Waals surface area contributed by atoms with Crippen molar-refractivity contribution in [3.8, 4) is 5.75 Å². The second-order valence-electron chi connectivity index (χ2n) is 5.36. The van der Waals surface area contributed by atoms with Crippen molar-refractivity contribution >= 4 is 0 Å². The molecule has 2 rings (SSSR count). The van der Waals surface area contributed by atoms with Crippen LogP contribution in [0.4, 0.5) is 0 Å². The SMILES string of the molecule is CCCCOc1ccc(C(NCC)C2=CCCCO2)cc1. The standard InChI is InChI=1S/C18H27NO2/c1-3-5-13-20-16-11-9-15(10-12-16)18(19-4-2)17-8-6-7-14-21-17/h8-12,18-19H,3-7,13-14H2,1-2H3. The van der Waals surface area contributed by atoms with Crippen molar-refractivity contribution < 1.29 is 9.47 Å². The van der Waals surface area contributed by atoms with Crippen molar-refractivity contribution in [3.05, 3.63) is 41.7 Å². The molecule has 0 fully saturated rings. The van der Waals surface area contributed by atoms with E-state index in [4.69, 9.17) is 9.47 Å². The van der Waals surface area contributed by atoms with E-state index in [9.17, 15) is 0 Å². The monoisotopic (exact) mass is 289 g/mol. The minimum absolute atomic E-state index is 0.153. The molecular formula is C18H27NO2. The third-order valence-electron chi connectivity index (χ3n) is 3.64. The molecule has 0 spiro atoms. The number of benzene rings is 1. The number of unbranched alkanes of at least 4 members (excludes halogenated alkanes) is 1. The van der Waals surface area contributed by atoms with Crippen LogP contribution in [0.1, 0.15) is 51.1 Å². The molecule has 1 heterocycles. The van der Waals surface area contributed by atoms with E-state index in [1.807, 2.05) is 0 Å². The van der Waals surface area contributed by atoms with Crippen LogP contribution in [0.3, 0.4) is 0 Å². The molecule has 0 amide bonds. The Bertz CT molecular complexity index is 439. The topological polar surface area (TPSA) is 30.5 Å². The van der Waals surface area contributed by atoms with Crippen molar-refractivity contribution in [3.63, 3.8) is 0 Å². The van der Waals surface area contributed by atoms with Crippen molar-refractivity contribution in [1.29, 1.82) is 0 Å². The first kappa shape index (κ1) is 15.9. The highest BCUT2D eigenvalue weighted by Gasteiger charge is 2.18. The molecule has 1 atom stereocenters. The first-order valence-corrected chi connectivity index (χ1v) is 8.14. The van der Waals surface area contributed by atoms with Gasteiger partial charge < -0.3 is 14.8 Å². The Morgan fingerprint density at radius 1 is 1.24 bits per heavy atom. The molecule has 1 aliphatic heterocycles. The highest BCUT2D eigenvalue weighted by Crippen LogP contribution is 2.27. The normalized spacial score (nSPS) is 16.0. The van der Waals surface area contributed by atoms with Crippen molar-refractivity contribution in [1.82, 2.24) is 5.32 Å². The molecule has 0 saturated heterocycles. The second kappa shape index (κ2) is 8.73. The summed E-state index contributed by atoms with van der Waals surface area (Å²) < 4.78 is 11.5. The number of rotatable bonds is 8. The van der Waals surface area contributed by atoms with Gasteiger partial charge in [-0.2, -0.15) is 0 Å². The molecule has 21 heavy (non-hydrogen) atoms. The van der Waals surface area contributed by atoms with Gasteiger partial charge in [-0.25, -0.2) is 0 Å². The first-order chi connectivity index (χ1) is 10.3. The van der Waals surface area contributed by atoms with Crippen molar-refractivity contribution in [2.75, 3.05) is 19.8 Å². The van der Waals surface area contributed by atoms with Crippen LogP contribution < -0.4 is 10.1 Å². The van der Waals surface area contributed by atoms with Gasteiger partial charge in [0.2, 0.25) is 0 Å². The lowest BCUT2D eigenvalue weighted by Gasteiger charge is -2.25. The van der Waals surface area contributed by atoms with E-state index in [-0.39, 0.29) is 6.04 Å². The van der Waals surface area contributed by atoms with E-state index in [0.29, 0.717) is 0 Å². The Labute approximate surface area is 128 Å². The molecule has 1 unspecified atom stereocenters. The minimum Gasteiger partial charge on any atom is -0.496 e. The number of nitrogens with one attached hydrogen (secondary N) is 1. The number of allylic oxidation sites excluding steroid dienone is 1. The molecule has 1 aromatic rings. The highest BCUT2D eigenvalue weighted by atomic mass is 16.5. The zero-order valence-electron chi connectivity index (χ0n) is 13.2. The fraction of sp³-hybridized carbons (Fsp3) is 0.556. The van der Waals surface area contributed by atoms with Crippen molar-refractivity contribution in [2.24, 2.45) is 0 Å². The molecule has 0 aromatic heterocycles. The zero-order chi connectivity index (χ0) is 14.9. The van der Waals surface area contributed by atoms with Crippen molar-refractivity contribution in [2.45, 2.75) is 45.6 Å². The predicted octanol–water partition coefficient (Wildman–Crippen LogP) is 4.21. The minimum atomic E-state index is 0.153. The van der Waals surface area contributed by atoms with E-state index < -0.39 is 0 Å². The second-order valence-corrected chi connectivity index (χ2v) is 5.36. The summed E-state index contributed by atoms with van der Waals surface area (Å²) in [5.74, 6) is 2.00. The maximum absolute atomic E-state index is 5.82. The third kappa shape index (κ3) is 4.78. The van der Waals surface area contributed by atoms with Crippen LogP contribution in [0.2, 0.25) is 0 Å². The van der Waals surface area contributed by atoms with Gasteiger partial charge >= 0.3 is 0 Å². The maximum atomic E-state index is 5.82. The number of hydrogen-bond acceptors (Lipinski definition) is 3. The third-order valence-corrected chi connectivity index (χ3v) is 3.64. The quantitative estimate of drug-likeness (QED) is 0.727. The van der Waals surface area contributed by atoms with Gasteiger partial charge in [0, 0.05) is 0 Å². The van der Waals surface area contributed by atoms with Crippen LogP contribution in [-0.4, -0.2) is 19.8 Å². The van der Waals surface area contributed by atoms with Gasteiger partial charge in [0.1, 0.15) is 11.5 Å². The van der Waals surface area contributed by atoms with E-state index in [1.54, 1.807) is 0 Å². The van der Waals surface area contributed by atoms with Gasteiger partial charge in [-0.15, -0.1) is 0 Å². The highest BCUT2D eigenvalue weighted by molar-refractivity contribution is 5.32. The van der Waals surface area contributed by atoms with Gasteiger partial charge in [0.15, 0.2) is 0 Å². The van der Waals surface area contributed by atoms with Crippen LogP contribution in [0.15, 0.2) is 36.1 Å². The summed E-state index contributed by atoms with van der Waals surface area (Å²) in [4.78, 5) is 0. The number of hydrogen-bond donors (Lipinski definition) is 1. The fourth-order valence-corrected chi connectivity index (χ4v) is 2.46. The maximum Gasteiger partial charge on any atom is 0.119 e. The van der Waals surface area contributed by atoms with Gasteiger partial charge in [-0.3, -0.25) is 0 Å². The smallest absolute Gasteiger partial charge is 0.119 e. The Balaban J connectivity index is 2.04. The summed E-state index contributed by atoms with van der Waals surface area (Å²) in [6.45, 7) is 6.83. The molecular weight excluding hydrogens is 262 g/mol. The summed E-state index contributed by atoms with van der Waals surface area (Å²) in [6, 6.07) is 8.53. The van der Waals surface area contributed by atoms with Crippen LogP contribution in [0.25, 0.3) is 0 Å². The van der Waals surface area contributed by atoms with Crippen LogP contribution >= 0.6 is 0 Å². The molecule has 0 bridgehead atoms. The molecule has 116 valence electrons. The first-order valence-electron chi connectivity index (χ1n) is 8.14. The van der Waals surface area contributed by atoms with Crippen LogP contribution in [-0.2, 0) is 4.74 Å². The lowest BCUT2D eigenvalue weighted by atomic mass is 10.0. The average Bonchev–Trinajstić information content (AvgIpc) is 2.54. The van der Waals surface area contributed by atoms with Crippen LogP contribution in [0.5, 0.6) is 5.75 Å². The Morgan fingerprint density at radius 2 is 2.05 bits per heavy atom. The molecule has 0 saturated carbocycles. The summed E-state index contributed by atoms with van der Waals surface area (Å²) in [5, 5.41) is 3.51. The predicted molar refractivity (Wildman–Crippen MR) is 86.5 cm³/mol. The van der Waals surface area contributed by atoms with Gasteiger partial charge in [-0.1, -0.05) is 32.4 Å². The molecule has 1 aliphatic rings. The van der Waals surface area contributed by atoms with Crippen LogP contribution in [0, 0.1) is 0 Å². The molecule has 3 heteroatoms. The molecule has 3 nitrogen and oxygen atoms in total. The number of ether oxygens (including phenoxy) is 2. The fourth-order valence-electron chi connectivity index (χ4n) is 2.46. The van der Waals surface area contributed by atoms with Gasteiger partial charge in [0.05, 0.1) is 19.3 Å². The van der Waals surface area contributed by atoms with E-state index in [0.717, 1.165) is 57.0 Å². The summed E-state index contributed by atoms with van der Waals surface area (Å²) in [5.41, 5.74) is 1.23. The largest absolute Gasteiger partial charge is 0.496 e. The molecule has 0 radical (unpaired) electrons.